The molecule has 3 unspecified atom stereocenters. The largest absolute Gasteiger partial charge is 0.373 e. The summed E-state index contributed by atoms with van der Waals surface area (Å²) in [7, 11) is 0. The molecule has 2 rings (SSSR count). The number of rotatable bonds is 2. The number of guanidine groups is 1. The molecule has 0 bridgehead atoms. The molecule has 2 saturated heterocycles. The number of hydrogen-bond donors (Lipinski definition) is 2. The Bertz CT molecular complexity index is 290. The molecule has 0 saturated carbocycles. The summed E-state index contributed by atoms with van der Waals surface area (Å²) in [6.45, 7) is 4.63. The fourth-order valence-corrected chi connectivity index (χ4v) is 2.03. The van der Waals surface area contributed by atoms with Crippen LogP contribution in [-0.4, -0.2) is 36.7 Å². The van der Waals surface area contributed by atoms with E-state index in [9.17, 15) is 4.79 Å². The van der Waals surface area contributed by atoms with Gasteiger partial charge in [0.2, 0.25) is 0 Å². The minimum absolute atomic E-state index is 0.00967. The summed E-state index contributed by atoms with van der Waals surface area (Å²) in [4.78, 5) is 15.8. The smallest absolute Gasteiger partial charge is 0.251 e. The second kappa shape index (κ2) is 4.18. The first-order chi connectivity index (χ1) is 7.20. The van der Waals surface area contributed by atoms with E-state index in [1.54, 1.807) is 0 Å². The zero-order chi connectivity index (χ0) is 10.8. The van der Waals surface area contributed by atoms with Crippen LogP contribution in [0.15, 0.2) is 4.99 Å². The molecule has 5 nitrogen and oxygen atoms in total. The van der Waals surface area contributed by atoms with Crippen LogP contribution in [-0.2, 0) is 9.53 Å². The highest BCUT2D eigenvalue weighted by atomic mass is 16.5. The molecule has 0 radical (unpaired) electrons. The highest BCUT2D eigenvalue weighted by molar-refractivity contribution is 6.06. The molecule has 0 aromatic heterocycles. The Balaban J connectivity index is 1.99. The maximum Gasteiger partial charge on any atom is 0.251 e. The molecule has 2 heterocycles. The highest BCUT2D eigenvalue weighted by Gasteiger charge is 2.39. The van der Waals surface area contributed by atoms with Crippen LogP contribution in [0.25, 0.3) is 0 Å². The molecular weight excluding hydrogens is 194 g/mol. The van der Waals surface area contributed by atoms with E-state index in [0.717, 1.165) is 12.8 Å². The van der Waals surface area contributed by atoms with E-state index >= 15 is 0 Å². The maximum atomic E-state index is 11.6. The van der Waals surface area contributed by atoms with E-state index in [1.165, 1.54) is 0 Å². The number of nitrogens with zero attached hydrogens (tertiary/aromatic N) is 1. The number of amides is 1. The zero-order valence-corrected chi connectivity index (χ0v) is 9.12. The molecule has 2 fully saturated rings. The van der Waals surface area contributed by atoms with Crippen molar-refractivity contribution in [3.8, 4) is 0 Å². The van der Waals surface area contributed by atoms with Crippen molar-refractivity contribution in [2.24, 2.45) is 4.99 Å². The van der Waals surface area contributed by atoms with E-state index in [-0.39, 0.29) is 24.2 Å². The van der Waals surface area contributed by atoms with Crippen molar-refractivity contribution < 1.29 is 9.53 Å². The molecule has 3 atom stereocenters. The van der Waals surface area contributed by atoms with Crippen LogP contribution in [0.1, 0.15) is 26.7 Å². The quantitative estimate of drug-likeness (QED) is 0.676. The van der Waals surface area contributed by atoms with Gasteiger partial charge in [-0.15, -0.1) is 0 Å². The van der Waals surface area contributed by atoms with Crippen LogP contribution in [0.2, 0.25) is 0 Å². The third-order valence-corrected chi connectivity index (χ3v) is 2.77. The topological polar surface area (TPSA) is 62.7 Å². The zero-order valence-electron chi connectivity index (χ0n) is 9.12. The number of nitrogens with one attached hydrogen (secondary N) is 2. The normalized spacial score (nSPS) is 38.1. The van der Waals surface area contributed by atoms with Crippen LogP contribution in [0, 0.1) is 0 Å². The predicted octanol–water partition coefficient (Wildman–Crippen LogP) is 0.0178. The summed E-state index contributed by atoms with van der Waals surface area (Å²) < 4.78 is 5.66. The lowest BCUT2D eigenvalue weighted by molar-refractivity contribution is -0.123. The van der Waals surface area contributed by atoms with Crippen LogP contribution in [0.4, 0.5) is 0 Å². The first kappa shape index (κ1) is 10.4. The lowest BCUT2D eigenvalue weighted by atomic mass is 10.1. The fraction of sp³-hybridized carbons (Fsp3) is 0.800. The molecular formula is C10H17N3O2. The summed E-state index contributed by atoms with van der Waals surface area (Å²) in [5.74, 6) is 0.553. The average molecular weight is 211 g/mol. The second-order valence-corrected chi connectivity index (χ2v) is 4.00. The molecule has 0 aromatic rings. The van der Waals surface area contributed by atoms with E-state index in [0.29, 0.717) is 12.5 Å². The molecule has 2 aliphatic rings. The Labute approximate surface area is 89.3 Å². The molecule has 1 amide bonds. The third-order valence-electron chi connectivity index (χ3n) is 2.77. The molecule has 15 heavy (non-hydrogen) atoms. The minimum atomic E-state index is -0.264. The summed E-state index contributed by atoms with van der Waals surface area (Å²) >= 11 is 0. The number of aliphatic imine (C=N–C) groups is 1. The van der Waals surface area contributed by atoms with Gasteiger partial charge in [-0.2, -0.15) is 0 Å². The number of carbonyl (C=O) groups excluding carboxylic acids is 1. The molecule has 5 heteroatoms. The molecule has 2 N–H and O–H groups in total. The van der Waals surface area contributed by atoms with E-state index in [1.807, 2.05) is 13.8 Å². The molecule has 0 aliphatic carbocycles. The first-order valence-corrected chi connectivity index (χ1v) is 5.48. The van der Waals surface area contributed by atoms with Gasteiger partial charge in [-0.3, -0.25) is 15.1 Å². The van der Waals surface area contributed by atoms with E-state index < -0.39 is 0 Å². The van der Waals surface area contributed by atoms with Crippen molar-refractivity contribution in [1.82, 2.24) is 10.6 Å². The average Bonchev–Trinajstić information content (AvgIpc) is 2.73. The van der Waals surface area contributed by atoms with Crippen LogP contribution >= 0.6 is 0 Å². The third kappa shape index (κ3) is 2.12. The van der Waals surface area contributed by atoms with Gasteiger partial charge in [0, 0.05) is 6.54 Å². The Morgan fingerprint density at radius 3 is 2.93 bits per heavy atom. The summed E-state index contributed by atoms with van der Waals surface area (Å²) in [6.07, 6.45) is 2.21. The van der Waals surface area contributed by atoms with Crippen molar-refractivity contribution >= 4 is 11.9 Å². The Kier molecular flexibility index (Phi) is 2.90. The Morgan fingerprint density at radius 1 is 1.53 bits per heavy atom. The van der Waals surface area contributed by atoms with Crippen molar-refractivity contribution in [2.45, 2.75) is 44.9 Å². The monoisotopic (exact) mass is 211 g/mol. The van der Waals surface area contributed by atoms with Gasteiger partial charge in [-0.1, -0.05) is 0 Å². The van der Waals surface area contributed by atoms with Crippen molar-refractivity contribution in [3.63, 3.8) is 0 Å². The van der Waals surface area contributed by atoms with Crippen LogP contribution < -0.4 is 10.6 Å². The number of carbonyl (C=O) groups is 1. The number of hydrogen-bond acceptors (Lipinski definition) is 3. The number of ether oxygens (including phenoxy) is 1. The van der Waals surface area contributed by atoms with Gasteiger partial charge in [0.05, 0.1) is 12.2 Å². The van der Waals surface area contributed by atoms with Crippen molar-refractivity contribution in [3.05, 3.63) is 0 Å². The summed E-state index contributed by atoms with van der Waals surface area (Å²) in [5, 5.41) is 5.79. The van der Waals surface area contributed by atoms with E-state index in [4.69, 9.17) is 4.74 Å². The van der Waals surface area contributed by atoms with Gasteiger partial charge in [-0.25, -0.2) is 0 Å². The van der Waals surface area contributed by atoms with Crippen LogP contribution in [0.3, 0.4) is 0 Å². The SMILES string of the molecule is CCN=C1NC(=O)C(C2CCC(C)O2)N1. The standard InChI is InChI=1S/C10H17N3O2/c1-3-11-10-12-8(9(14)13-10)7-5-4-6(2)15-7/h6-8H,3-5H2,1-2H3,(H2,11,12,13,14). The van der Waals surface area contributed by atoms with Gasteiger partial charge >= 0.3 is 0 Å². The Hall–Kier alpha value is -1.10. The summed E-state index contributed by atoms with van der Waals surface area (Å²) in [6, 6.07) is -0.264. The van der Waals surface area contributed by atoms with Gasteiger partial charge < -0.3 is 10.1 Å². The first-order valence-electron chi connectivity index (χ1n) is 5.48. The van der Waals surface area contributed by atoms with Gasteiger partial charge in [-0.05, 0) is 26.7 Å². The molecule has 84 valence electrons. The maximum absolute atomic E-state index is 11.6. The van der Waals surface area contributed by atoms with E-state index in [2.05, 4.69) is 15.6 Å². The summed E-state index contributed by atoms with van der Waals surface area (Å²) in [5.41, 5.74) is 0. The van der Waals surface area contributed by atoms with Gasteiger partial charge in [0.1, 0.15) is 6.04 Å². The minimum Gasteiger partial charge on any atom is -0.373 e. The lowest BCUT2D eigenvalue weighted by Crippen LogP contribution is -2.40. The molecule has 0 aromatic carbocycles. The molecule has 2 aliphatic heterocycles. The van der Waals surface area contributed by atoms with Crippen molar-refractivity contribution in [2.75, 3.05) is 6.54 Å². The molecule has 0 spiro atoms. The van der Waals surface area contributed by atoms with Crippen LogP contribution in [0.5, 0.6) is 0 Å². The fourth-order valence-electron chi connectivity index (χ4n) is 2.03. The van der Waals surface area contributed by atoms with Crippen molar-refractivity contribution in [1.29, 1.82) is 0 Å². The van der Waals surface area contributed by atoms with Gasteiger partial charge in [0.25, 0.3) is 5.91 Å². The predicted molar refractivity (Wildman–Crippen MR) is 56.6 cm³/mol. The lowest BCUT2D eigenvalue weighted by Gasteiger charge is -2.16. The van der Waals surface area contributed by atoms with Gasteiger partial charge in [0.15, 0.2) is 5.96 Å². The Morgan fingerprint density at radius 2 is 2.33 bits per heavy atom. The highest BCUT2D eigenvalue weighted by Crippen LogP contribution is 2.22. The second-order valence-electron chi connectivity index (χ2n) is 4.00.